The number of carboxylic acid groups (broad SMARTS) is 1. The highest BCUT2D eigenvalue weighted by atomic mass is 79.9. The van der Waals surface area contributed by atoms with Gasteiger partial charge in [-0.05, 0) is 24.6 Å². The van der Waals surface area contributed by atoms with Crippen LogP contribution in [0.1, 0.15) is 23.5 Å². The fourth-order valence-electron chi connectivity index (χ4n) is 4.19. The van der Waals surface area contributed by atoms with Gasteiger partial charge in [0.2, 0.25) is 0 Å². The molecule has 2 N–H and O–H groups in total. The summed E-state index contributed by atoms with van der Waals surface area (Å²) in [5.74, 6) is -0.943. The van der Waals surface area contributed by atoms with Crippen LogP contribution in [-0.4, -0.2) is 82.3 Å². The number of aliphatic hydroxyl groups is 1. The number of aromatic nitrogens is 1. The van der Waals surface area contributed by atoms with Gasteiger partial charge >= 0.3 is 5.97 Å². The van der Waals surface area contributed by atoms with Crippen LogP contribution in [0, 0.1) is 5.82 Å². The lowest BCUT2D eigenvalue weighted by Crippen LogP contribution is -2.49. The predicted molar refractivity (Wildman–Crippen MR) is 126 cm³/mol. The molecule has 0 spiro atoms. The van der Waals surface area contributed by atoms with Crippen LogP contribution in [0.2, 0.25) is 0 Å². The fourth-order valence-corrected chi connectivity index (χ4v) is 5.40. The standard InChI is InChI=1S/C22H24BrFN4O4S/c1-2-28-19(15-4-3-13(24)9-16(15)23)18(22(30)31)17(26-20(28)21-25-5-8-33-21)10-27-6-7-32-12-14(27)11-29/h3-5,8-9,14,19,29H,2,6-7,10-12H2,1H3,(H,30,31)/t14-,19?/m0/s1. The Hall–Kier alpha value is -2.18. The number of aliphatic hydroxyl groups excluding tert-OH is 1. The largest absolute Gasteiger partial charge is 0.478 e. The number of hydrogen-bond donors (Lipinski definition) is 2. The Bertz CT molecular complexity index is 1080. The number of halogens is 2. The molecule has 0 saturated carbocycles. The van der Waals surface area contributed by atoms with Gasteiger partial charge in [-0.15, -0.1) is 11.3 Å². The SMILES string of the molecule is CCN1C(c2nccs2)=NC(CN2CCOC[C@@H]2CO)=C(C(=O)O)C1c1ccc(F)cc1Br. The van der Waals surface area contributed by atoms with Gasteiger partial charge in [0.25, 0.3) is 0 Å². The smallest absolute Gasteiger partial charge is 0.335 e. The minimum absolute atomic E-state index is 0.104. The van der Waals surface area contributed by atoms with Gasteiger partial charge in [-0.2, -0.15) is 0 Å². The highest BCUT2D eigenvalue weighted by Crippen LogP contribution is 2.40. The number of carbonyl (C=O) groups is 1. The summed E-state index contributed by atoms with van der Waals surface area (Å²) in [6, 6.07) is 3.30. The summed E-state index contributed by atoms with van der Waals surface area (Å²) in [5.41, 5.74) is 1.13. The molecule has 0 amide bonds. The van der Waals surface area contributed by atoms with Crippen LogP contribution < -0.4 is 0 Å². The number of nitrogens with zero attached hydrogens (tertiary/aromatic N) is 4. The number of benzene rings is 1. The Morgan fingerprint density at radius 1 is 1.42 bits per heavy atom. The molecule has 0 bridgehead atoms. The van der Waals surface area contributed by atoms with Crippen LogP contribution in [0.5, 0.6) is 0 Å². The number of thiazole rings is 1. The molecule has 1 fully saturated rings. The zero-order valence-electron chi connectivity index (χ0n) is 17.9. The molecule has 2 aliphatic heterocycles. The lowest BCUT2D eigenvalue weighted by atomic mass is 9.93. The molecule has 1 aromatic carbocycles. The van der Waals surface area contributed by atoms with Crippen molar-refractivity contribution in [1.29, 1.82) is 0 Å². The molecule has 3 heterocycles. The molecule has 0 radical (unpaired) electrons. The summed E-state index contributed by atoms with van der Waals surface area (Å²) in [7, 11) is 0. The van der Waals surface area contributed by atoms with E-state index in [1.54, 1.807) is 12.3 Å². The topological polar surface area (TPSA) is 98.5 Å². The van der Waals surface area contributed by atoms with E-state index < -0.39 is 17.8 Å². The molecule has 176 valence electrons. The van der Waals surface area contributed by atoms with E-state index in [0.29, 0.717) is 52.9 Å². The zero-order chi connectivity index (χ0) is 23.5. The molecule has 33 heavy (non-hydrogen) atoms. The highest BCUT2D eigenvalue weighted by Gasteiger charge is 2.39. The Morgan fingerprint density at radius 3 is 2.88 bits per heavy atom. The van der Waals surface area contributed by atoms with E-state index in [2.05, 4.69) is 20.9 Å². The van der Waals surface area contributed by atoms with Gasteiger partial charge in [0.15, 0.2) is 10.8 Å². The molecule has 2 aromatic rings. The monoisotopic (exact) mass is 538 g/mol. The third-order valence-corrected chi connectivity index (χ3v) is 7.23. The second kappa shape index (κ2) is 10.4. The second-order valence-corrected chi connectivity index (χ2v) is 9.42. The molecule has 4 rings (SSSR count). The van der Waals surface area contributed by atoms with Crippen molar-refractivity contribution in [2.75, 3.05) is 39.5 Å². The zero-order valence-corrected chi connectivity index (χ0v) is 20.4. The summed E-state index contributed by atoms with van der Waals surface area (Å²) in [6.07, 6.45) is 1.68. The van der Waals surface area contributed by atoms with Gasteiger partial charge in [-0.25, -0.2) is 19.2 Å². The van der Waals surface area contributed by atoms with Gasteiger partial charge in [0.05, 0.1) is 43.2 Å². The first-order valence-electron chi connectivity index (χ1n) is 10.5. The van der Waals surface area contributed by atoms with Crippen molar-refractivity contribution in [3.05, 3.63) is 61.9 Å². The maximum absolute atomic E-state index is 13.9. The van der Waals surface area contributed by atoms with Crippen LogP contribution >= 0.6 is 27.3 Å². The number of morpholine rings is 1. The predicted octanol–water partition coefficient (Wildman–Crippen LogP) is 2.90. The number of rotatable bonds is 7. The van der Waals surface area contributed by atoms with E-state index in [-0.39, 0.29) is 24.8 Å². The molecule has 1 aromatic heterocycles. The van der Waals surface area contributed by atoms with Crippen molar-refractivity contribution in [3.63, 3.8) is 0 Å². The van der Waals surface area contributed by atoms with Gasteiger partial charge in [-0.3, -0.25) is 4.90 Å². The van der Waals surface area contributed by atoms with Crippen LogP contribution in [-0.2, 0) is 9.53 Å². The molecular weight excluding hydrogens is 515 g/mol. The normalized spacial score (nSPS) is 21.9. The lowest BCUT2D eigenvalue weighted by Gasteiger charge is -2.40. The number of carboxylic acids is 1. The van der Waals surface area contributed by atoms with Gasteiger partial charge in [0.1, 0.15) is 5.82 Å². The summed E-state index contributed by atoms with van der Waals surface area (Å²) >= 11 is 4.85. The first-order valence-corrected chi connectivity index (χ1v) is 12.2. The first kappa shape index (κ1) is 24.0. The van der Waals surface area contributed by atoms with Crippen molar-refractivity contribution in [2.45, 2.75) is 19.0 Å². The maximum atomic E-state index is 13.9. The molecule has 8 nitrogen and oxygen atoms in total. The average molecular weight is 539 g/mol. The Labute approximate surface area is 203 Å². The van der Waals surface area contributed by atoms with Crippen LogP contribution in [0.3, 0.4) is 0 Å². The molecule has 1 unspecified atom stereocenters. The third-order valence-electron chi connectivity index (χ3n) is 5.77. The minimum atomic E-state index is -1.10. The summed E-state index contributed by atoms with van der Waals surface area (Å²) < 4.78 is 19.8. The quantitative estimate of drug-likeness (QED) is 0.559. The Morgan fingerprint density at radius 2 is 2.24 bits per heavy atom. The van der Waals surface area contributed by atoms with Gasteiger partial charge in [-0.1, -0.05) is 22.0 Å². The molecular formula is C22H24BrFN4O4S. The van der Waals surface area contributed by atoms with Crippen LogP contribution in [0.4, 0.5) is 4.39 Å². The van der Waals surface area contributed by atoms with Crippen molar-refractivity contribution in [3.8, 4) is 0 Å². The highest BCUT2D eigenvalue weighted by molar-refractivity contribution is 9.10. The van der Waals surface area contributed by atoms with E-state index in [1.807, 2.05) is 22.1 Å². The van der Waals surface area contributed by atoms with Crippen molar-refractivity contribution < 1.29 is 24.1 Å². The van der Waals surface area contributed by atoms with E-state index in [9.17, 15) is 19.4 Å². The lowest BCUT2D eigenvalue weighted by molar-refractivity contribution is -0.133. The summed E-state index contributed by atoms with van der Waals surface area (Å²) in [6.45, 7) is 3.92. The summed E-state index contributed by atoms with van der Waals surface area (Å²) in [5, 5.41) is 22.6. The van der Waals surface area contributed by atoms with E-state index in [0.717, 1.165) is 0 Å². The summed E-state index contributed by atoms with van der Waals surface area (Å²) in [4.78, 5) is 25.7. The molecule has 0 aliphatic carbocycles. The fraction of sp³-hybridized carbons (Fsp3) is 0.409. The molecule has 11 heteroatoms. The number of hydrogen-bond acceptors (Lipinski definition) is 8. The Kier molecular flexibility index (Phi) is 7.55. The first-order chi connectivity index (χ1) is 15.9. The van der Waals surface area contributed by atoms with Crippen molar-refractivity contribution in [2.24, 2.45) is 4.99 Å². The maximum Gasteiger partial charge on any atom is 0.335 e. The number of aliphatic carboxylic acids is 1. The molecule has 2 atom stereocenters. The number of ether oxygens (including phenoxy) is 1. The van der Waals surface area contributed by atoms with Crippen LogP contribution in [0.15, 0.2) is 50.5 Å². The number of likely N-dealkylation sites (N-methyl/N-ethyl adjacent to an activating group) is 1. The average Bonchev–Trinajstić information content (AvgIpc) is 3.33. The van der Waals surface area contributed by atoms with Crippen molar-refractivity contribution >= 4 is 39.1 Å². The van der Waals surface area contributed by atoms with Crippen molar-refractivity contribution in [1.82, 2.24) is 14.8 Å². The van der Waals surface area contributed by atoms with Gasteiger partial charge < -0.3 is 19.8 Å². The minimum Gasteiger partial charge on any atom is -0.478 e. The second-order valence-electron chi connectivity index (χ2n) is 7.67. The number of aliphatic imine (C=N–C) groups is 1. The number of amidine groups is 1. The van der Waals surface area contributed by atoms with Gasteiger partial charge in [0, 0.05) is 35.7 Å². The van der Waals surface area contributed by atoms with E-state index >= 15 is 0 Å². The van der Waals surface area contributed by atoms with Crippen LogP contribution in [0.25, 0.3) is 0 Å². The Balaban J connectivity index is 1.89. The molecule has 2 aliphatic rings. The third kappa shape index (κ3) is 4.87. The van der Waals surface area contributed by atoms with E-state index in [1.165, 1.54) is 23.5 Å². The van der Waals surface area contributed by atoms with E-state index in [4.69, 9.17) is 9.73 Å². The molecule has 1 saturated heterocycles.